The number of hydrogen-bond donors (Lipinski definition) is 1. The fourth-order valence-corrected chi connectivity index (χ4v) is 0.253. The minimum absolute atomic E-state index is 1.50. The molecule has 0 saturated heterocycles. The summed E-state index contributed by atoms with van der Waals surface area (Å²) < 4.78 is 0. The molecule has 0 bridgehead atoms. The van der Waals surface area contributed by atoms with Gasteiger partial charge in [-0.1, -0.05) is 0 Å². The van der Waals surface area contributed by atoms with Crippen LogP contribution in [0.3, 0.4) is 0 Å². The molecule has 1 rings (SSSR count). The third-order valence-electron chi connectivity index (χ3n) is 0.478. The van der Waals surface area contributed by atoms with Gasteiger partial charge in [-0.2, -0.15) is 0 Å². The normalized spacial score (nSPS) is 6.75. The fraction of sp³-hybridized carbons (Fsp3) is 0.200. The van der Waals surface area contributed by atoms with Gasteiger partial charge in [0.15, 0.2) is 0 Å². The molecule has 0 aliphatic rings. The number of hydrogen-bond acceptors (Lipinski definition) is 3. The van der Waals surface area contributed by atoms with Crippen LogP contribution >= 0.6 is 0 Å². The van der Waals surface area contributed by atoms with Gasteiger partial charge in [-0.25, -0.2) is 9.97 Å². The largest absolute Gasteiger partial charge is 0.333 e. The molecule has 0 aliphatic heterocycles. The Morgan fingerprint density at radius 2 is 1.62 bits per heavy atom. The van der Waals surface area contributed by atoms with Crippen molar-refractivity contribution in [1.29, 1.82) is 0 Å². The first-order valence-electron chi connectivity index (χ1n) is 2.28. The molecule has 0 aromatic carbocycles. The van der Waals surface area contributed by atoms with Crippen molar-refractivity contribution < 1.29 is 0 Å². The summed E-state index contributed by atoms with van der Waals surface area (Å²) in [6.07, 6.45) is 4.88. The SMILES string of the molecule is CN.c1cncnc1. The monoisotopic (exact) mass is 111 g/mol. The van der Waals surface area contributed by atoms with Crippen molar-refractivity contribution in [1.82, 2.24) is 9.97 Å². The molecular formula is C5H9N3. The Hall–Kier alpha value is -0.960. The lowest BCUT2D eigenvalue weighted by molar-refractivity contribution is 1.17. The van der Waals surface area contributed by atoms with Gasteiger partial charge in [-0.05, 0) is 13.1 Å². The molecule has 0 radical (unpaired) electrons. The molecule has 0 atom stereocenters. The van der Waals surface area contributed by atoms with Crippen LogP contribution in [0.2, 0.25) is 0 Å². The lowest BCUT2D eigenvalue weighted by Gasteiger charge is -1.70. The highest BCUT2D eigenvalue weighted by Gasteiger charge is 1.59. The minimum Gasteiger partial charge on any atom is -0.333 e. The Labute approximate surface area is 48.6 Å². The predicted molar refractivity (Wildman–Crippen MR) is 32.1 cm³/mol. The zero-order chi connectivity index (χ0) is 6.24. The summed E-state index contributed by atoms with van der Waals surface area (Å²) in [5.41, 5.74) is 4.50. The molecule has 1 aromatic heterocycles. The lowest BCUT2D eigenvalue weighted by atomic mass is 10.7. The van der Waals surface area contributed by atoms with Crippen molar-refractivity contribution in [3.05, 3.63) is 24.8 Å². The second-order valence-electron chi connectivity index (χ2n) is 0.904. The first-order chi connectivity index (χ1) is 4.00. The van der Waals surface area contributed by atoms with Crippen LogP contribution in [0.4, 0.5) is 0 Å². The number of nitrogens with two attached hydrogens (primary N) is 1. The molecule has 3 nitrogen and oxygen atoms in total. The summed E-state index contributed by atoms with van der Waals surface area (Å²) in [4.78, 5) is 7.35. The highest BCUT2D eigenvalue weighted by atomic mass is 14.8. The van der Waals surface area contributed by atoms with Gasteiger partial charge in [0.05, 0.1) is 0 Å². The highest BCUT2D eigenvalue weighted by molar-refractivity contribution is 4.74. The summed E-state index contributed by atoms with van der Waals surface area (Å²) in [5.74, 6) is 0. The van der Waals surface area contributed by atoms with Crippen LogP contribution in [0.15, 0.2) is 24.8 Å². The molecule has 1 aromatic rings. The van der Waals surface area contributed by atoms with Crippen molar-refractivity contribution in [2.24, 2.45) is 5.73 Å². The maximum atomic E-state index is 4.50. The molecule has 0 spiro atoms. The van der Waals surface area contributed by atoms with E-state index in [1.54, 1.807) is 18.5 Å². The van der Waals surface area contributed by atoms with Crippen LogP contribution in [0.25, 0.3) is 0 Å². The zero-order valence-corrected chi connectivity index (χ0v) is 4.78. The standard InChI is InChI=1S/C4H4N2.CH5N/c1-2-5-4-6-3-1;1-2/h1-4H;2H2,1H3. The predicted octanol–water partition coefficient (Wildman–Crippen LogP) is 0.0515. The Bertz CT molecular complexity index is 79.6. The molecule has 3 heteroatoms. The van der Waals surface area contributed by atoms with E-state index in [-0.39, 0.29) is 0 Å². The summed E-state index contributed by atoms with van der Waals surface area (Å²) in [6, 6.07) is 1.78. The molecule has 1 heterocycles. The van der Waals surface area contributed by atoms with Crippen LogP contribution in [0, 0.1) is 0 Å². The summed E-state index contributed by atoms with van der Waals surface area (Å²) in [6.45, 7) is 0. The molecule has 0 aliphatic carbocycles. The van der Waals surface area contributed by atoms with Gasteiger partial charge in [-0.15, -0.1) is 0 Å². The molecular weight excluding hydrogens is 102 g/mol. The van der Waals surface area contributed by atoms with Crippen molar-refractivity contribution in [3.8, 4) is 0 Å². The molecule has 0 unspecified atom stereocenters. The van der Waals surface area contributed by atoms with Gasteiger partial charge < -0.3 is 5.73 Å². The molecule has 44 valence electrons. The van der Waals surface area contributed by atoms with E-state index in [0.717, 1.165) is 0 Å². The number of nitrogens with zero attached hydrogens (tertiary/aromatic N) is 2. The van der Waals surface area contributed by atoms with E-state index in [1.165, 1.54) is 13.4 Å². The number of rotatable bonds is 0. The lowest BCUT2D eigenvalue weighted by Crippen LogP contribution is -1.69. The van der Waals surface area contributed by atoms with Gasteiger partial charge in [-0.3, -0.25) is 0 Å². The van der Waals surface area contributed by atoms with Crippen LogP contribution in [0.5, 0.6) is 0 Å². The first-order valence-corrected chi connectivity index (χ1v) is 2.28. The average Bonchev–Trinajstić information content (AvgIpc) is 1.96. The Balaban J connectivity index is 0.000000222. The average molecular weight is 111 g/mol. The summed E-state index contributed by atoms with van der Waals surface area (Å²) >= 11 is 0. The van der Waals surface area contributed by atoms with Crippen molar-refractivity contribution >= 4 is 0 Å². The van der Waals surface area contributed by atoms with Gasteiger partial charge in [0.25, 0.3) is 0 Å². The third-order valence-corrected chi connectivity index (χ3v) is 0.478. The van der Waals surface area contributed by atoms with Gasteiger partial charge in [0.2, 0.25) is 0 Å². The summed E-state index contributed by atoms with van der Waals surface area (Å²) in [7, 11) is 1.50. The van der Waals surface area contributed by atoms with Gasteiger partial charge in [0.1, 0.15) is 6.33 Å². The Kier molecular flexibility index (Phi) is 5.32. The third kappa shape index (κ3) is 3.24. The molecule has 2 N–H and O–H groups in total. The molecule has 0 saturated carbocycles. The Morgan fingerprint density at radius 1 is 1.12 bits per heavy atom. The van der Waals surface area contributed by atoms with E-state index in [9.17, 15) is 0 Å². The quantitative estimate of drug-likeness (QED) is 0.514. The smallest absolute Gasteiger partial charge is 0.115 e. The van der Waals surface area contributed by atoms with Crippen molar-refractivity contribution in [2.45, 2.75) is 0 Å². The zero-order valence-electron chi connectivity index (χ0n) is 4.78. The van der Waals surface area contributed by atoms with Gasteiger partial charge >= 0.3 is 0 Å². The van der Waals surface area contributed by atoms with E-state index in [2.05, 4.69) is 15.7 Å². The molecule has 0 fully saturated rings. The van der Waals surface area contributed by atoms with Crippen LogP contribution in [0.1, 0.15) is 0 Å². The molecule has 8 heavy (non-hydrogen) atoms. The van der Waals surface area contributed by atoms with Crippen LogP contribution < -0.4 is 5.73 Å². The Morgan fingerprint density at radius 3 is 1.75 bits per heavy atom. The highest BCUT2D eigenvalue weighted by Crippen LogP contribution is 1.66. The van der Waals surface area contributed by atoms with E-state index >= 15 is 0 Å². The second-order valence-corrected chi connectivity index (χ2v) is 0.904. The van der Waals surface area contributed by atoms with Gasteiger partial charge in [0, 0.05) is 12.4 Å². The fourth-order valence-electron chi connectivity index (χ4n) is 0.253. The second kappa shape index (κ2) is 6.04. The maximum absolute atomic E-state index is 4.50. The van der Waals surface area contributed by atoms with Crippen LogP contribution in [-0.2, 0) is 0 Å². The van der Waals surface area contributed by atoms with E-state index in [4.69, 9.17) is 0 Å². The molecule has 0 amide bonds. The van der Waals surface area contributed by atoms with Crippen molar-refractivity contribution in [2.75, 3.05) is 7.05 Å². The minimum atomic E-state index is 1.50. The summed E-state index contributed by atoms with van der Waals surface area (Å²) in [5, 5.41) is 0. The maximum Gasteiger partial charge on any atom is 0.115 e. The topological polar surface area (TPSA) is 51.8 Å². The first kappa shape index (κ1) is 7.04. The van der Waals surface area contributed by atoms with E-state index in [1.807, 2.05) is 0 Å². The van der Waals surface area contributed by atoms with Crippen LogP contribution in [-0.4, -0.2) is 17.0 Å². The van der Waals surface area contributed by atoms with E-state index in [0.29, 0.717) is 0 Å². The van der Waals surface area contributed by atoms with Crippen molar-refractivity contribution in [3.63, 3.8) is 0 Å². The number of aromatic nitrogens is 2. The van der Waals surface area contributed by atoms with E-state index < -0.39 is 0 Å².